The number of benzene rings is 1. The van der Waals surface area contributed by atoms with E-state index in [0.717, 1.165) is 56.2 Å². The topological polar surface area (TPSA) is 62.8 Å². The van der Waals surface area contributed by atoms with E-state index in [1.54, 1.807) is 0 Å². The van der Waals surface area contributed by atoms with Gasteiger partial charge in [-0.1, -0.05) is 15.9 Å². The predicted molar refractivity (Wildman–Crippen MR) is 118 cm³/mol. The van der Waals surface area contributed by atoms with E-state index in [-0.39, 0.29) is 22.7 Å². The Kier molecular flexibility index (Phi) is 6.67. The van der Waals surface area contributed by atoms with Gasteiger partial charge in [-0.2, -0.15) is 0 Å². The lowest BCUT2D eigenvalue weighted by molar-refractivity contribution is -0.182. The molecule has 7 heteroatoms. The largest absolute Gasteiger partial charge is 0.598 e. The summed E-state index contributed by atoms with van der Waals surface area (Å²) in [6, 6.07) is 4.34. The van der Waals surface area contributed by atoms with Crippen molar-refractivity contribution in [1.82, 2.24) is 4.72 Å². The van der Waals surface area contributed by atoms with Crippen molar-refractivity contribution in [3.8, 4) is 0 Å². The minimum atomic E-state index is -1.17. The van der Waals surface area contributed by atoms with Gasteiger partial charge in [0, 0.05) is 28.7 Å². The molecule has 1 spiro atoms. The van der Waals surface area contributed by atoms with Gasteiger partial charge in [0.15, 0.2) is 6.29 Å². The number of fused-ring (bicyclic) bond motifs is 1. The molecule has 0 aromatic heterocycles. The molecule has 1 unspecified atom stereocenters. The fourth-order valence-electron chi connectivity index (χ4n) is 4.03. The predicted octanol–water partition coefficient (Wildman–Crippen LogP) is 4.69. The van der Waals surface area contributed by atoms with Gasteiger partial charge in [0.2, 0.25) is 0 Å². The summed E-state index contributed by atoms with van der Waals surface area (Å²) in [4.78, 5) is 0. The molecule has 3 aliphatic rings. The molecule has 162 valence electrons. The summed E-state index contributed by atoms with van der Waals surface area (Å²) in [7, 11) is 0. The van der Waals surface area contributed by atoms with Gasteiger partial charge in [0.1, 0.15) is 4.75 Å². The Morgan fingerprint density at radius 3 is 2.66 bits per heavy atom. The van der Waals surface area contributed by atoms with Crippen molar-refractivity contribution in [2.45, 2.75) is 88.6 Å². The van der Waals surface area contributed by atoms with E-state index in [1.807, 2.05) is 20.8 Å². The number of nitrogens with one attached hydrogen (secondary N) is 1. The highest BCUT2D eigenvalue weighted by Crippen LogP contribution is 2.48. The van der Waals surface area contributed by atoms with Crippen molar-refractivity contribution in [3.05, 3.63) is 33.3 Å². The zero-order valence-corrected chi connectivity index (χ0v) is 20.0. The Morgan fingerprint density at radius 2 is 2.00 bits per heavy atom. The molecule has 1 aromatic rings. The van der Waals surface area contributed by atoms with Gasteiger partial charge in [-0.05, 0) is 75.3 Å². The summed E-state index contributed by atoms with van der Waals surface area (Å²) in [5.74, 6) is 0. The monoisotopic (exact) mass is 485 g/mol. The van der Waals surface area contributed by atoms with Gasteiger partial charge >= 0.3 is 0 Å². The van der Waals surface area contributed by atoms with Crippen molar-refractivity contribution < 1.29 is 18.8 Å². The van der Waals surface area contributed by atoms with Crippen LogP contribution in [0.4, 0.5) is 0 Å². The first-order chi connectivity index (χ1) is 13.8. The van der Waals surface area contributed by atoms with E-state index in [4.69, 9.17) is 14.2 Å². The summed E-state index contributed by atoms with van der Waals surface area (Å²) >= 11 is 2.53. The van der Waals surface area contributed by atoms with Gasteiger partial charge in [-0.25, -0.2) is 0 Å². The summed E-state index contributed by atoms with van der Waals surface area (Å²) < 4.78 is 34.8. The molecule has 1 saturated carbocycles. The van der Waals surface area contributed by atoms with Crippen molar-refractivity contribution in [1.29, 1.82) is 0 Å². The number of ether oxygens (including phenoxy) is 3. The van der Waals surface area contributed by atoms with Crippen LogP contribution in [0.2, 0.25) is 0 Å². The maximum Gasteiger partial charge on any atom is 0.157 e. The SMILES string of the molecule is CC(C)(C)[S@+]([O-])NC(CCC1OCCCO1)c1cc(Br)cc2c1COC1(CC1)C2. The number of rotatable bonds is 6. The molecule has 2 heterocycles. The third-order valence-corrected chi connectivity index (χ3v) is 8.02. The van der Waals surface area contributed by atoms with Crippen molar-refractivity contribution in [2.24, 2.45) is 0 Å². The van der Waals surface area contributed by atoms with E-state index in [9.17, 15) is 4.55 Å². The normalized spacial score (nSPS) is 23.6. The molecule has 4 rings (SSSR count). The minimum absolute atomic E-state index is 0.0488. The van der Waals surface area contributed by atoms with Crippen LogP contribution in [0.15, 0.2) is 16.6 Å². The van der Waals surface area contributed by atoms with E-state index >= 15 is 0 Å². The average Bonchev–Trinajstić information content (AvgIpc) is 3.42. The van der Waals surface area contributed by atoms with E-state index in [0.29, 0.717) is 6.61 Å². The van der Waals surface area contributed by atoms with Gasteiger partial charge in [-0.15, -0.1) is 4.72 Å². The molecule has 2 aliphatic heterocycles. The zero-order valence-electron chi connectivity index (χ0n) is 17.6. The lowest BCUT2D eigenvalue weighted by Crippen LogP contribution is -2.42. The second-order valence-electron chi connectivity index (χ2n) is 9.43. The smallest absolute Gasteiger partial charge is 0.157 e. The highest BCUT2D eigenvalue weighted by atomic mass is 79.9. The first kappa shape index (κ1) is 22.1. The minimum Gasteiger partial charge on any atom is -0.598 e. The Hall–Kier alpha value is -0.150. The van der Waals surface area contributed by atoms with Crippen LogP contribution in [-0.2, 0) is 38.6 Å². The van der Waals surface area contributed by atoms with Crippen molar-refractivity contribution in [3.63, 3.8) is 0 Å². The molecule has 0 bridgehead atoms. The lowest BCUT2D eigenvalue weighted by atomic mass is 9.89. The fraction of sp³-hybridized carbons (Fsp3) is 0.727. The van der Waals surface area contributed by atoms with Crippen LogP contribution in [0.1, 0.15) is 75.6 Å². The van der Waals surface area contributed by atoms with Crippen LogP contribution in [0, 0.1) is 0 Å². The number of hydrogen-bond donors (Lipinski definition) is 1. The molecule has 1 aromatic carbocycles. The first-order valence-electron chi connectivity index (χ1n) is 10.6. The molecule has 5 nitrogen and oxygen atoms in total. The van der Waals surface area contributed by atoms with Crippen LogP contribution in [0.3, 0.4) is 0 Å². The molecule has 2 atom stereocenters. The Labute approximate surface area is 185 Å². The van der Waals surface area contributed by atoms with Crippen molar-refractivity contribution >= 4 is 27.3 Å². The second-order valence-corrected chi connectivity index (χ2v) is 12.3. The maximum atomic E-state index is 13.0. The zero-order chi connectivity index (χ0) is 20.6. The van der Waals surface area contributed by atoms with E-state index in [1.165, 1.54) is 16.7 Å². The van der Waals surface area contributed by atoms with Gasteiger partial charge in [0.25, 0.3) is 0 Å². The summed E-state index contributed by atoms with van der Waals surface area (Å²) in [6.07, 6.45) is 5.61. The van der Waals surface area contributed by atoms with Gasteiger partial charge in [-0.3, -0.25) is 0 Å². The van der Waals surface area contributed by atoms with Crippen LogP contribution < -0.4 is 4.72 Å². The quantitative estimate of drug-likeness (QED) is 0.592. The van der Waals surface area contributed by atoms with Crippen molar-refractivity contribution in [2.75, 3.05) is 13.2 Å². The number of hydrogen-bond acceptors (Lipinski definition) is 5. The lowest BCUT2D eigenvalue weighted by Gasteiger charge is -2.33. The molecule has 1 N–H and O–H groups in total. The first-order valence-corrected chi connectivity index (χ1v) is 12.6. The summed E-state index contributed by atoms with van der Waals surface area (Å²) in [5, 5.41) is 0. The van der Waals surface area contributed by atoms with Crippen LogP contribution >= 0.6 is 15.9 Å². The Bertz CT molecular complexity index is 728. The summed E-state index contributed by atoms with van der Waals surface area (Å²) in [5.41, 5.74) is 3.86. The molecule has 0 amide bonds. The average molecular weight is 486 g/mol. The highest BCUT2D eigenvalue weighted by molar-refractivity contribution is 9.10. The Morgan fingerprint density at radius 1 is 1.28 bits per heavy atom. The third-order valence-electron chi connectivity index (χ3n) is 5.95. The molecule has 1 aliphatic carbocycles. The molecule has 2 fully saturated rings. The van der Waals surface area contributed by atoms with E-state index < -0.39 is 11.4 Å². The second kappa shape index (κ2) is 8.77. The molecule has 29 heavy (non-hydrogen) atoms. The van der Waals surface area contributed by atoms with Crippen LogP contribution in [0.5, 0.6) is 0 Å². The standard InChI is InChI=1S/C22H32BrNO4S/c1-21(2,3)29(25)24-19(5-6-20-26-9-4-10-27-20)17-12-16(23)11-15-13-22(7-8-22)28-14-18(15)17/h11-12,19-20,24H,4-10,13-14H2,1-3H3/t19?,29-/m0/s1. The number of halogens is 1. The molecule has 1 saturated heterocycles. The summed E-state index contributed by atoms with van der Waals surface area (Å²) in [6.45, 7) is 8.12. The maximum absolute atomic E-state index is 13.0. The van der Waals surface area contributed by atoms with Gasteiger partial charge in [0.05, 0.1) is 31.5 Å². The third kappa shape index (κ3) is 5.37. The fourth-order valence-corrected chi connectivity index (χ4v) is 5.41. The van der Waals surface area contributed by atoms with Gasteiger partial charge < -0.3 is 18.8 Å². The van der Waals surface area contributed by atoms with Crippen LogP contribution in [-0.4, -0.2) is 34.4 Å². The van der Waals surface area contributed by atoms with E-state index in [2.05, 4.69) is 32.8 Å². The molecule has 0 radical (unpaired) electrons. The Balaban J connectivity index is 1.58. The highest BCUT2D eigenvalue weighted by Gasteiger charge is 2.47. The molecular formula is C22H32BrNO4S. The van der Waals surface area contributed by atoms with Crippen LogP contribution in [0.25, 0.3) is 0 Å². The molecular weight excluding hydrogens is 454 g/mol.